The first-order valence-electron chi connectivity index (χ1n) is 35.8. The van der Waals surface area contributed by atoms with Gasteiger partial charge in [-0.2, -0.15) is 0 Å². The maximum absolute atomic E-state index is 12.5. The molecule has 4 nitrogen and oxygen atoms in total. The molecule has 80 heavy (non-hydrogen) atoms. The fraction of sp³-hybridized carbons (Fsp3) is 0.803. The van der Waals surface area contributed by atoms with Gasteiger partial charge in [0.15, 0.2) is 0 Å². The van der Waals surface area contributed by atoms with Crippen molar-refractivity contribution >= 4 is 5.91 Å². The lowest BCUT2D eigenvalue weighted by Gasteiger charge is -2.19. The Bertz CT molecular complexity index is 1400. The van der Waals surface area contributed by atoms with E-state index in [1.807, 2.05) is 6.08 Å². The van der Waals surface area contributed by atoms with Crippen molar-refractivity contribution in [1.82, 2.24) is 5.32 Å². The fourth-order valence-electron chi connectivity index (χ4n) is 11.0. The molecule has 0 fully saturated rings. The lowest BCUT2D eigenvalue weighted by atomic mass is 10.0. The number of hydrogen-bond donors (Lipinski definition) is 3. The van der Waals surface area contributed by atoms with Gasteiger partial charge in [0.25, 0.3) is 0 Å². The molecule has 0 aliphatic carbocycles. The van der Waals surface area contributed by atoms with E-state index in [2.05, 4.69) is 92.1 Å². The summed E-state index contributed by atoms with van der Waals surface area (Å²) < 4.78 is 0. The van der Waals surface area contributed by atoms with Crippen LogP contribution in [0.1, 0.15) is 373 Å². The van der Waals surface area contributed by atoms with Gasteiger partial charge in [-0.15, -0.1) is 0 Å². The summed E-state index contributed by atoms with van der Waals surface area (Å²) in [6.45, 7) is 4.22. The van der Waals surface area contributed by atoms with E-state index in [0.29, 0.717) is 6.42 Å². The molecular formula is C76H139NO3. The van der Waals surface area contributed by atoms with Crippen molar-refractivity contribution in [2.24, 2.45) is 0 Å². The summed E-state index contributed by atoms with van der Waals surface area (Å²) in [7, 11) is 0. The van der Waals surface area contributed by atoms with Gasteiger partial charge in [0.05, 0.1) is 18.8 Å². The molecule has 0 aromatic rings. The van der Waals surface area contributed by atoms with Crippen molar-refractivity contribution in [2.45, 2.75) is 386 Å². The van der Waals surface area contributed by atoms with E-state index in [9.17, 15) is 15.0 Å². The Morgan fingerprint density at radius 3 is 0.875 bits per heavy atom. The molecule has 0 spiro atoms. The van der Waals surface area contributed by atoms with Gasteiger partial charge < -0.3 is 15.5 Å². The van der Waals surface area contributed by atoms with Crippen LogP contribution in [0.25, 0.3) is 0 Å². The highest BCUT2D eigenvalue weighted by atomic mass is 16.3. The molecule has 0 aliphatic heterocycles. The van der Waals surface area contributed by atoms with Gasteiger partial charge in [-0.3, -0.25) is 4.79 Å². The molecule has 0 aromatic carbocycles. The number of nitrogens with one attached hydrogen (secondary N) is 1. The molecule has 2 atom stereocenters. The molecule has 0 aromatic heterocycles. The standard InChI is InChI=1S/C76H139NO3/c1-3-5-7-9-11-13-15-17-19-21-23-25-27-29-31-32-33-34-35-36-37-38-39-40-41-42-43-44-46-48-50-52-54-56-58-60-62-64-66-68-70-72-76(80)77-74(73-78)75(79)71-69-67-65-63-61-59-57-55-53-51-49-47-45-30-28-26-24-22-20-18-16-14-12-10-8-6-4-2/h5,7,11,13,17,19,23,25,29,31,61,63,69,71,74-75,78-79H,3-4,6,8-10,12,14-16,18,20-22,24,26-28,30,32-60,62,64-68,70,72-73H2,1-2H3,(H,77,80)/b7-5-,13-11-,19-17-,25-23-,31-29-,63-61+,71-69+. The van der Waals surface area contributed by atoms with E-state index in [4.69, 9.17) is 0 Å². The SMILES string of the molecule is CC/C=C\C/C=C\C/C=C\C/C=C\C/C=C\CCCCCCCCCCCCCCCCCCCCCCCCCCCC(=O)NC(CO)C(O)/C=C/CC/C=C/CCCCCCCCCCCCCCCCCCCCCCC. The third-order valence-electron chi connectivity index (χ3n) is 16.4. The number of allylic oxidation sites excluding steroid dienone is 13. The van der Waals surface area contributed by atoms with E-state index in [-0.39, 0.29) is 12.5 Å². The molecule has 2 unspecified atom stereocenters. The van der Waals surface area contributed by atoms with Crippen molar-refractivity contribution in [3.05, 3.63) is 85.1 Å². The minimum atomic E-state index is -0.865. The first kappa shape index (κ1) is 77.6. The number of unbranched alkanes of at least 4 members (excludes halogenated alkanes) is 47. The van der Waals surface area contributed by atoms with Crippen molar-refractivity contribution in [3.8, 4) is 0 Å². The van der Waals surface area contributed by atoms with Crippen molar-refractivity contribution < 1.29 is 15.0 Å². The molecule has 0 saturated carbocycles. The zero-order valence-corrected chi connectivity index (χ0v) is 53.8. The molecule has 0 radical (unpaired) electrons. The van der Waals surface area contributed by atoms with Crippen molar-refractivity contribution in [3.63, 3.8) is 0 Å². The number of carbonyl (C=O) groups is 1. The summed E-state index contributed by atoms with van der Waals surface area (Å²) in [5, 5.41) is 23.3. The van der Waals surface area contributed by atoms with Crippen molar-refractivity contribution in [1.29, 1.82) is 0 Å². The first-order chi connectivity index (χ1) is 39.7. The summed E-state index contributed by atoms with van der Waals surface area (Å²) in [4.78, 5) is 12.5. The highest BCUT2D eigenvalue weighted by Crippen LogP contribution is 2.19. The average molecular weight is 1110 g/mol. The van der Waals surface area contributed by atoms with Crippen LogP contribution in [0.3, 0.4) is 0 Å². The summed E-state index contributed by atoms with van der Waals surface area (Å²) in [5.74, 6) is -0.0676. The van der Waals surface area contributed by atoms with Gasteiger partial charge in [-0.1, -0.05) is 375 Å². The number of hydrogen-bond acceptors (Lipinski definition) is 3. The van der Waals surface area contributed by atoms with Crippen molar-refractivity contribution in [2.75, 3.05) is 6.61 Å². The van der Waals surface area contributed by atoms with Gasteiger partial charge in [0, 0.05) is 6.42 Å². The van der Waals surface area contributed by atoms with Gasteiger partial charge in [0.1, 0.15) is 0 Å². The smallest absolute Gasteiger partial charge is 0.220 e. The molecule has 1 amide bonds. The van der Waals surface area contributed by atoms with Crippen LogP contribution in [0.4, 0.5) is 0 Å². The minimum Gasteiger partial charge on any atom is -0.394 e. The Morgan fingerprint density at radius 1 is 0.312 bits per heavy atom. The Morgan fingerprint density at radius 2 is 0.562 bits per heavy atom. The largest absolute Gasteiger partial charge is 0.394 e. The molecule has 4 heteroatoms. The van der Waals surface area contributed by atoms with Crippen LogP contribution in [0.2, 0.25) is 0 Å². The number of rotatable bonds is 66. The van der Waals surface area contributed by atoms with Crippen LogP contribution < -0.4 is 5.32 Å². The van der Waals surface area contributed by atoms with Crippen LogP contribution >= 0.6 is 0 Å². The number of aliphatic hydroxyl groups is 2. The zero-order chi connectivity index (χ0) is 57.6. The average Bonchev–Trinajstić information content (AvgIpc) is 3.46. The zero-order valence-electron chi connectivity index (χ0n) is 53.8. The molecule has 0 heterocycles. The summed E-state index contributed by atoms with van der Waals surface area (Å²) >= 11 is 0. The van der Waals surface area contributed by atoms with Crippen LogP contribution in [0.15, 0.2) is 85.1 Å². The monoisotopic (exact) mass is 1110 g/mol. The number of aliphatic hydroxyl groups excluding tert-OH is 2. The third kappa shape index (κ3) is 66.4. The topological polar surface area (TPSA) is 69.6 Å². The van der Waals surface area contributed by atoms with Gasteiger partial charge in [0.2, 0.25) is 5.91 Å². The van der Waals surface area contributed by atoms with Crippen LogP contribution in [-0.2, 0) is 4.79 Å². The number of amides is 1. The molecular weight excluding hydrogens is 975 g/mol. The molecule has 0 bridgehead atoms. The Hall–Kier alpha value is -2.43. The Balaban J connectivity index is 3.44. The summed E-state index contributed by atoms with van der Waals surface area (Å²) in [6.07, 6.45) is 104. The second-order valence-electron chi connectivity index (χ2n) is 24.3. The molecule has 0 saturated heterocycles. The second-order valence-corrected chi connectivity index (χ2v) is 24.3. The third-order valence-corrected chi connectivity index (χ3v) is 16.4. The predicted molar refractivity (Wildman–Crippen MR) is 359 cm³/mol. The van der Waals surface area contributed by atoms with Crippen LogP contribution in [0.5, 0.6) is 0 Å². The van der Waals surface area contributed by atoms with E-state index in [0.717, 1.165) is 64.2 Å². The van der Waals surface area contributed by atoms with Gasteiger partial charge in [-0.25, -0.2) is 0 Å². The molecule has 3 N–H and O–H groups in total. The fourth-order valence-corrected chi connectivity index (χ4v) is 11.0. The Kier molecular flexibility index (Phi) is 68.7. The second kappa shape index (κ2) is 70.8. The van der Waals surface area contributed by atoms with Gasteiger partial charge >= 0.3 is 0 Å². The quantitative estimate of drug-likeness (QED) is 0.0420. The van der Waals surface area contributed by atoms with E-state index < -0.39 is 12.1 Å². The van der Waals surface area contributed by atoms with E-state index >= 15 is 0 Å². The lowest BCUT2D eigenvalue weighted by molar-refractivity contribution is -0.123. The maximum Gasteiger partial charge on any atom is 0.220 e. The Labute approximate surface area is 501 Å². The van der Waals surface area contributed by atoms with Crippen LogP contribution in [-0.4, -0.2) is 34.9 Å². The number of carbonyl (C=O) groups excluding carboxylic acids is 1. The molecule has 0 rings (SSSR count). The van der Waals surface area contributed by atoms with E-state index in [1.165, 1.54) is 289 Å². The normalized spacial score (nSPS) is 13.2. The lowest BCUT2D eigenvalue weighted by Crippen LogP contribution is -2.45. The highest BCUT2D eigenvalue weighted by Gasteiger charge is 2.18. The summed E-state index contributed by atoms with van der Waals surface area (Å²) in [6, 6.07) is -0.642. The van der Waals surface area contributed by atoms with Gasteiger partial charge in [-0.05, 0) is 77.0 Å². The summed E-state index contributed by atoms with van der Waals surface area (Å²) in [5.41, 5.74) is 0. The maximum atomic E-state index is 12.5. The predicted octanol–water partition coefficient (Wildman–Crippen LogP) is 24.6. The minimum absolute atomic E-state index is 0.0676. The molecule has 0 aliphatic rings. The molecule has 466 valence electrons. The highest BCUT2D eigenvalue weighted by molar-refractivity contribution is 5.76. The first-order valence-corrected chi connectivity index (χ1v) is 35.8. The van der Waals surface area contributed by atoms with E-state index in [1.54, 1.807) is 6.08 Å². The van der Waals surface area contributed by atoms with Crippen LogP contribution in [0, 0.1) is 0 Å².